The Bertz CT molecular complexity index is 1260. The van der Waals surface area contributed by atoms with E-state index in [-0.39, 0.29) is 28.4 Å². The van der Waals surface area contributed by atoms with E-state index in [4.69, 9.17) is 18.8 Å². The standard InChI is InChI=1S/C17H14O10S2/c1-25-10-6-12(26-2)16-13(7-10)27-14(17(16)18)5-9-3-4-11(28(19,20)21)8-15(9)29(22,23)24/h3-8H,1-2H3,(H,19,20,21)(H,22,23,24)/b14-5-. The van der Waals surface area contributed by atoms with Crippen molar-refractivity contribution < 1.29 is 44.9 Å². The number of allylic oxidation sites excluding steroid dienone is 1. The van der Waals surface area contributed by atoms with Crippen LogP contribution in [-0.2, 0) is 20.2 Å². The molecule has 2 aromatic carbocycles. The highest BCUT2D eigenvalue weighted by Crippen LogP contribution is 2.41. The molecule has 0 amide bonds. The van der Waals surface area contributed by atoms with Crippen molar-refractivity contribution in [2.24, 2.45) is 0 Å². The molecular weight excluding hydrogens is 428 g/mol. The molecule has 0 bridgehead atoms. The third-order valence-electron chi connectivity index (χ3n) is 4.01. The highest BCUT2D eigenvalue weighted by molar-refractivity contribution is 7.86. The van der Waals surface area contributed by atoms with Crippen LogP contribution in [0.3, 0.4) is 0 Å². The smallest absolute Gasteiger partial charge is 0.295 e. The molecular formula is C17H14O10S2. The largest absolute Gasteiger partial charge is 0.496 e. The van der Waals surface area contributed by atoms with Gasteiger partial charge >= 0.3 is 0 Å². The lowest BCUT2D eigenvalue weighted by Gasteiger charge is -2.07. The average Bonchev–Trinajstić information content (AvgIpc) is 2.95. The summed E-state index contributed by atoms with van der Waals surface area (Å²) in [6.07, 6.45) is 1.02. The summed E-state index contributed by atoms with van der Waals surface area (Å²) >= 11 is 0. The summed E-state index contributed by atoms with van der Waals surface area (Å²) in [6.45, 7) is 0. The van der Waals surface area contributed by atoms with E-state index in [0.29, 0.717) is 11.8 Å². The number of ether oxygens (including phenoxy) is 3. The van der Waals surface area contributed by atoms with Crippen LogP contribution < -0.4 is 14.2 Å². The molecule has 1 aliphatic heterocycles. The summed E-state index contributed by atoms with van der Waals surface area (Å²) in [6, 6.07) is 5.37. The van der Waals surface area contributed by atoms with Gasteiger partial charge in [0.05, 0.1) is 19.1 Å². The van der Waals surface area contributed by atoms with Crippen LogP contribution in [0.4, 0.5) is 0 Å². The van der Waals surface area contributed by atoms with Crippen LogP contribution in [0.5, 0.6) is 17.2 Å². The molecule has 1 heterocycles. The molecule has 10 nitrogen and oxygen atoms in total. The Labute approximate surface area is 165 Å². The van der Waals surface area contributed by atoms with Gasteiger partial charge in [-0.15, -0.1) is 0 Å². The molecule has 2 aromatic rings. The normalized spacial score (nSPS) is 15.2. The fraction of sp³-hybridized carbons (Fsp3) is 0.118. The van der Waals surface area contributed by atoms with Crippen LogP contribution in [0.25, 0.3) is 6.08 Å². The second-order valence-electron chi connectivity index (χ2n) is 5.79. The molecule has 0 saturated heterocycles. The lowest BCUT2D eigenvalue weighted by atomic mass is 10.1. The maximum Gasteiger partial charge on any atom is 0.295 e. The van der Waals surface area contributed by atoms with Gasteiger partial charge in [0.2, 0.25) is 5.78 Å². The van der Waals surface area contributed by atoms with Gasteiger partial charge in [-0.1, -0.05) is 6.07 Å². The van der Waals surface area contributed by atoms with Crippen LogP contribution in [0.15, 0.2) is 45.9 Å². The highest BCUT2D eigenvalue weighted by atomic mass is 32.2. The topological polar surface area (TPSA) is 153 Å². The van der Waals surface area contributed by atoms with Crippen molar-refractivity contribution in [3.8, 4) is 17.2 Å². The molecule has 29 heavy (non-hydrogen) atoms. The van der Waals surface area contributed by atoms with Gasteiger partial charge in [0, 0.05) is 12.1 Å². The van der Waals surface area contributed by atoms with Crippen LogP contribution >= 0.6 is 0 Å². The van der Waals surface area contributed by atoms with Gasteiger partial charge in [0.1, 0.15) is 27.7 Å². The van der Waals surface area contributed by atoms with Gasteiger partial charge in [-0.2, -0.15) is 16.8 Å². The number of fused-ring (bicyclic) bond motifs is 1. The average molecular weight is 442 g/mol. The lowest BCUT2D eigenvalue weighted by Crippen LogP contribution is -2.06. The number of methoxy groups -OCH3 is 2. The molecule has 0 fully saturated rings. The molecule has 3 rings (SSSR count). The Morgan fingerprint density at radius 3 is 2.21 bits per heavy atom. The number of rotatable bonds is 5. The number of hydrogen-bond donors (Lipinski definition) is 2. The Kier molecular flexibility index (Phi) is 5.13. The van der Waals surface area contributed by atoms with Gasteiger partial charge in [0.25, 0.3) is 20.2 Å². The van der Waals surface area contributed by atoms with Crippen LogP contribution in [0.1, 0.15) is 15.9 Å². The third-order valence-corrected chi connectivity index (χ3v) is 5.77. The molecule has 2 N–H and O–H groups in total. The zero-order valence-electron chi connectivity index (χ0n) is 14.9. The Hall–Kier alpha value is -2.93. The fourth-order valence-corrected chi connectivity index (χ4v) is 3.97. The van der Waals surface area contributed by atoms with E-state index in [1.807, 2.05) is 0 Å². The minimum absolute atomic E-state index is 0.0857. The number of benzene rings is 2. The molecule has 154 valence electrons. The van der Waals surface area contributed by atoms with Crippen LogP contribution in [0.2, 0.25) is 0 Å². The van der Waals surface area contributed by atoms with Crippen molar-refractivity contribution in [2.45, 2.75) is 9.79 Å². The Balaban J connectivity index is 2.15. The minimum atomic E-state index is -4.90. The summed E-state index contributed by atoms with van der Waals surface area (Å²) in [5.41, 5.74) is -0.149. The molecule has 1 aliphatic rings. The van der Waals surface area contributed by atoms with Crippen molar-refractivity contribution >= 4 is 32.1 Å². The molecule has 0 atom stereocenters. The van der Waals surface area contributed by atoms with E-state index in [0.717, 1.165) is 18.2 Å². The lowest BCUT2D eigenvalue weighted by molar-refractivity contribution is 0.101. The van der Waals surface area contributed by atoms with Crippen molar-refractivity contribution in [3.63, 3.8) is 0 Å². The van der Waals surface area contributed by atoms with Gasteiger partial charge in [-0.25, -0.2) is 0 Å². The quantitative estimate of drug-likeness (QED) is 0.517. The van der Waals surface area contributed by atoms with Gasteiger partial charge < -0.3 is 14.2 Å². The minimum Gasteiger partial charge on any atom is -0.496 e. The zero-order valence-corrected chi connectivity index (χ0v) is 16.6. The third kappa shape index (κ3) is 3.96. The first-order valence-corrected chi connectivity index (χ1v) is 10.6. The number of Topliss-reactive ketones (excluding diaryl/α,β-unsaturated/α-hetero) is 1. The predicted octanol–water partition coefficient (Wildman–Crippen LogP) is 1.81. The van der Waals surface area contributed by atoms with Crippen LogP contribution in [0, 0.1) is 0 Å². The molecule has 0 unspecified atom stereocenters. The van der Waals surface area contributed by atoms with Crippen molar-refractivity contribution in [3.05, 3.63) is 47.2 Å². The summed E-state index contributed by atoms with van der Waals surface area (Å²) < 4.78 is 80.1. The second kappa shape index (κ2) is 7.15. The zero-order chi connectivity index (χ0) is 21.6. The Morgan fingerprint density at radius 1 is 0.966 bits per heavy atom. The number of hydrogen-bond acceptors (Lipinski definition) is 8. The summed E-state index contributed by atoms with van der Waals surface area (Å²) in [4.78, 5) is 11.1. The van der Waals surface area contributed by atoms with Crippen molar-refractivity contribution in [1.29, 1.82) is 0 Å². The number of carbonyl (C=O) groups is 1. The number of carbonyl (C=O) groups excluding carboxylic acids is 1. The Morgan fingerprint density at radius 2 is 1.66 bits per heavy atom. The van der Waals surface area contributed by atoms with E-state index in [1.54, 1.807) is 0 Å². The van der Waals surface area contributed by atoms with Crippen LogP contribution in [-0.4, -0.2) is 45.9 Å². The maximum absolute atomic E-state index is 12.7. The molecule has 0 aromatic heterocycles. The van der Waals surface area contributed by atoms with Gasteiger partial charge in [0.15, 0.2) is 5.76 Å². The summed E-state index contributed by atoms with van der Waals surface area (Å²) in [5.74, 6) is -0.286. The number of ketones is 1. The molecule has 12 heteroatoms. The van der Waals surface area contributed by atoms with E-state index >= 15 is 0 Å². The molecule has 0 saturated carbocycles. The fourth-order valence-electron chi connectivity index (χ4n) is 2.69. The van der Waals surface area contributed by atoms with E-state index in [1.165, 1.54) is 26.4 Å². The maximum atomic E-state index is 12.7. The molecule has 0 aliphatic carbocycles. The monoisotopic (exact) mass is 442 g/mol. The first kappa shape index (κ1) is 20.8. The van der Waals surface area contributed by atoms with Gasteiger partial charge in [-0.05, 0) is 23.8 Å². The van der Waals surface area contributed by atoms with E-state index < -0.39 is 35.8 Å². The SMILES string of the molecule is COc1cc(OC)c2c(c1)O/C(=C\c1ccc(S(=O)(=O)O)cc1S(=O)(=O)O)C2=O. The van der Waals surface area contributed by atoms with Crippen molar-refractivity contribution in [1.82, 2.24) is 0 Å². The summed E-state index contributed by atoms with van der Waals surface area (Å²) in [5, 5.41) is 0. The molecule has 0 radical (unpaired) electrons. The van der Waals surface area contributed by atoms with E-state index in [9.17, 15) is 26.2 Å². The van der Waals surface area contributed by atoms with E-state index in [2.05, 4.69) is 0 Å². The first-order chi connectivity index (χ1) is 13.5. The van der Waals surface area contributed by atoms with Crippen molar-refractivity contribution in [2.75, 3.05) is 14.2 Å². The highest BCUT2D eigenvalue weighted by Gasteiger charge is 2.33. The second-order valence-corrected chi connectivity index (χ2v) is 8.60. The predicted molar refractivity (Wildman–Crippen MR) is 98.6 cm³/mol. The summed E-state index contributed by atoms with van der Waals surface area (Å²) in [7, 11) is -6.88. The van der Waals surface area contributed by atoms with Gasteiger partial charge in [-0.3, -0.25) is 13.9 Å². The first-order valence-electron chi connectivity index (χ1n) is 7.75. The molecule has 0 spiro atoms.